The van der Waals surface area contributed by atoms with Crippen molar-refractivity contribution in [3.63, 3.8) is 0 Å². The van der Waals surface area contributed by atoms with Gasteiger partial charge in [-0.15, -0.1) is 0 Å². The van der Waals surface area contributed by atoms with E-state index in [9.17, 15) is 0 Å². The average molecular weight is 356 g/mol. The summed E-state index contributed by atoms with van der Waals surface area (Å²) in [5, 5.41) is 7.56. The van der Waals surface area contributed by atoms with Crippen LogP contribution in [0, 0.1) is 0 Å². The molecule has 6 rings (SSSR count). The zero-order valence-electron chi connectivity index (χ0n) is 15.1. The first kappa shape index (κ1) is 15.3. The van der Waals surface area contributed by atoms with Crippen LogP contribution >= 0.6 is 0 Å². The van der Waals surface area contributed by atoms with Crippen molar-refractivity contribution < 1.29 is 0 Å². The molecule has 0 bridgehead atoms. The molecule has 0 aliphatic carbocycles. The maximum absolute atomic E-state index is 4.63. The Labute approximate surface area is 162 Å². The van der Waals surface area contributed by atoms with E-state index in [4.69, 9.17) is 0 Å². The van der Waals surface area contributed by atoms with E-state index in [1.807, 2.05) is 6.07 Å². The lowest BCUT2D eigenvalue weighted by atomic mass is 9.92. The van der Waals surface area contributed by atoms with Gasteiger partial charge in [-0.2, -0.15) is 0 Å². The monoisotopic (exact) mass is 356 g/mol. The second-order valence-corrected chi connectivity index (χ2v) is 7.12. The Morgan fingerprint density at radius 2 is 1.21 bits per heavy atom. The van der Waals surface area contributed by atoms with E-state index in [1.54, 1.807) is 12.4 Å². The number of hydrogen-bond donors (Lipinski definition) is 0. The number of nitrogens with zero attached hydrogens (tertiary/aromatic N) is 2. The number of rotatable bonds is 1. The molecule has 0 amide bonds. The number of fused-ring (bicyclic) bond motifs is 5. The standard InChI is InChI=1S/C26H16N2/c1-2-6-19-16-23-20(15-18(19)5-1)12-11-17-7-3-8-21(25(17)23)22-9-4-10-24-26(22)28-14-13-27-24/h1-16H. The van der Waals surface area contributed by atoms with Crippen LogP contribution in [0.15, 0.2) is 97.3 Å². The number of hydrogen-bond acceptors (Lipinski definition) is 2. The van der Waals surface area contributed by atoms with Gasteiger partial charge in [-0.1, -0.05) is 66.7 Å². The van der Waals surface area contributed by atoms with E-state index >= 15 is 0 Å². The highest BCUT2D eigenvalue weighted by Crippen LogP contribution is 2.37. The highest BCUT2D eigenvalue weighted by Gasteiger charge is 2.12. The van der Waals surface area contributed by atoms with Gasteiger partial charge in [0.15, 0.2) is 0 Å². The van der Waals surface area contributed by atoms with Crippen molar-refractivity contribution in [2.75, 3.05) is 0 Å². The SMILES string of the molecule is c1ccc2cc3c(ccc4cccc(-c5cccc6nccnc56)c43)cc2c1. The van der Waals surface area contributed by atoms with Gasteiger partial charge in [0.25, 0.3) is 0 Å². The van der Waals surface area contributed by atoms with Crippen LogP contribution in [0.1, 0.15) is 0 Å². The lowest BCUT2D eigenvalue weighted by Gasteiger charge is -2.13. The van der Waals surface area contributed by atoms with Gasteiger partial charge in [0.1, 0.15) is 0 Å². The molecule has 0 fully saturated rings. The summed E-state index contributed by atoms with van der Waals surface area (Å²) in [6.45, 7) is 0. The maximum atomic E-state index is 4.63. The molecule has 130 valence electrons. The smallest absolute Gasteiger partial charge is 0.0965 e. The fraction of sp³-hybridized carbons (Fsp3) is 0. The van der Waals surface area contributed by atoms with Crippen molar-refractivity contribution in [2.45, 2.75) is 0 Å². The molecule has 2 heteroatoms. The van der Waals surface area contributed by atoms with E-state index < -0.39 is 0 Å². The first-order valence-corrected chi connectivity index (χ1v) is 9.43. The predicted octanol–water partition coefficient (Wildman–Crippen LogP) is 6.76. The van der Waals surface area contributed by atoms with Gasteiger partial charge in [0.2, 0.25) is 0 Å². The molecule has 0 aliphatic heterocycles. The molecule has 0 spiro atoms. The van der Waals surface area contributed by atoms with Gasteiger partial charge in [-0.05, 0) is 56.1 Å². The van der Waals surface area contributed by atoms with Crippen LogP contribution in [0.4, 0.5) is 0 Å². The summed E-state index contributed by atoms with van der Waals surface area (Å²) >= 11 is 0. The summed E-state index contributed by atoms with van der Waals surface area (Å²) in [4.78, 5) is 9.12. The van der Waals surface area contributed by atoms with Crippen LogP contribution in [0.5, 0.6) is 0 Å². The molecule has 0 unspecified atom stereocenters. The van der Waals surface area contributed by atoms with Gasteiger partial charge in [-0.3, -0.25) is 9.97 Å². The molecule has 0 radical (unpaired) electrons. The Morgan fingerprint density at radius 3 is 2.14 bits per heavy atom. The van der Waals surface area contributed by atoms with Gasteiger partial charge in [-0.25, -0.2) is 0 Å². The zero-order valence-corrected chi connectivity index (χ0v) is 15.1. The Morgan fingerprint density at radius 1 is 0.500 bits per heavy atom. The Hall–Kier alpha value is -3.78. The molecule has 0 saturated carbocycles. The Kier molecular flexibility index (Phi) is 3.20. The minimum absolute atomic E-state index is 0.919. The second kappa shape index (κ2) is 5.86. The van der Waals surface area contributed by atoms with Crippen LogP contribution < -0.4 is 0 Å². The molecule has 1 aromatic heterocycles. The van der Waals surface area contributed by atoms with Crippen LogP contribution in [-0.2, 0) is 0 Å². The van der Waals surface area contributed by atoms with Crippen molar-refractivity contribution >= 4 is 43.4 Å². The summed E-state index contributed by atoms with van der Waals surface area (Å²) in [7, 11) is 0. The quantitative estimate of drug-likeness (QED) is 0.240. The third-order valence-corrected chi connectivity index (χ3v) is 5.52. The molecular weight excluding hydrogens is 340 g/mol. The second-order valence-electron chi connectivity index (χ2n) is 7.12. The maximum Gasteiger partial charge on any atom is 0.0965 e. The molecule has 1 heterocycles. The van der Waals surface area contributed by atoms with Crippen molar-refractivity contribution in [3.8, 4) is 11.1 Å². The lowest BCUT2D eigenvalue weighted by molar-refractivity contribution is 1.29. The molecule has 0 aliphatic rings. The summed E-state index contributed by atoms with van der Waals surface area (Å²) in [5.74, 6) is 0. The van der Waals surface area contributed by atoms with Gasteiger partial charge in [0, 0.05) is 18.0 Å². The number of para-hydroxylation sites is 1. The van der Waals surface area contributed by atoms with Gasteiger partial charge < -0.3 is 0 Å². The molecule has 5 aromatic carbocycles. The highest BCUT2D eigenvalue weighted by molar-refractivity contribution is 6.18. The largest absolute Gasteiger partial charge is 0.253 e. The van der Waals surface area contributed by atoms with Crippen LogP contribution in [0.3, 0.4) is 0 Å². The molecule has 6 aromatic rings. The average Bonchev–Trinajstić information content (AvgIpc) is 2.77. The molecular formula is C26H16N2. The van der Waals surface area contributed by atoms with Crippen molar-refractivity contribution in [2.24, 2.45) is 0 Å². The summed E-state index contributed by atoms with van der Waals surface area (Å²) in [6, 6.07) is 30.3. The van der Waals surface area contributed by atoms with E-state index in [0.29, 0.717) is 0 Å². The molecule has 0 N–H and O–H groups in total. The summed E-state index contributed by atoms with van der Waals surface area (Å²) in [5.41, 5.74) is 4.18. The summed E-state index contributed by atoms with van der Waals surface area (Å²) in [6.07, 6.45) is 3.51. The fourth-order valence-corrected chi connectivity index (χ4v) is 4.24. The third-order valence-electron chi connectivity index (χ3n) is 5.52. The van der Waals surface area contributed by atoms with Gasteiger partial charge in [0.05, 0.1) is 11.0 Å². The predicted molar refractivity (Wildman–Crippen MR) is 117 cm³/mol. The van der Waals surface area contributed by atoms with E-state index in [-0.39, 0.29) is 0 Å². The van der Waals surface area contributed by atoms with Crippen LogP contribution in [0.2, 0.25) is 0 Å². The van der Waals surface area contributed by atoms with Crippen molar-refractivity contribution in [1.29, 1.82) is 0 Å². The molecule has 0 saturated heterocycles. The minimum Gasteiger partial charge on any atom is -0.253 e. The fourth-order valence-electron chi connectivity index (χ4n) is 4.24. The first-order chi connectivity index (χ1) is 13.9. The molecule has 0 atom stereocenters. The molecule has 2 nitrogen and oxygen atoms in total. The van der Waals surface area contributed by atoms with Crippen LogP contribution in [0.25, 0.3) is 54.5 Å². The van der Waals surface area contributed by atoms with Crippen molar-refractivity contribution in [3.05, 3.63) is 97.3 Å². The summed E-state index contributed by atoms with van der Waals surface area (Å²) < 4.78 is 0. The van der Waals surface area contributed by atoms with E-state index in [2.05, 4.69) is 88.8 Å². The first-order valence-electron chi connectivity index (χ1n) is 9.43. The van der Waals surface area contributed by atoms with E-state index in [1.165, 1.54) is 37.9 Å². The topological polar surface area (TPSA) is 25.8 Å². The minimum atomic E-state index is 0.919. The third kappa shape index (κ3) is 2.21. The normalized spacial score (nSPS) is 11.6. The van der Waals surface area contributed by atoms with Crippen molar-refractivity contribution in [1.82, 2.24) is 9.97 Å². The lowest BCUT2D eigenvalue weighted by Crippen LogP contribution is -1.89. The number of benzene rings is 5. The van der Waals surface area contributed by atoms with Gasteiger partial charge >= 0.3 is 0 Å². The van der Waals surface area contributed by atoms with Crippen LogP contribution in [-0.4, -0.2) is 9.97 Å². The number of aromatic nitrogens is 2. The van der Waals surface area contributed by atoms with E-state index in [0.717, 1.165) is 16.6 Å². The Bertz CT molecular complexity index is 1510. The Balaban J connectivity index is 1.80. The highest BCUT2D eigenvalue weighted by atomic mass is 14.8. The molecule has 28 heavy (non-hydrogen) atoms. The zero-order chi connectivity index (χ0) is 18.5.